The van der Waals surface area contributed by atoms with Crippen molar-refractivity contribution >= 4 is 15.7 Å². The number of nitrogens with one attached hydrogen (secondary N) is 1. The van der Waals surface area contributed by atoms with Crippen molar-refractivity contribution < 1.29 is 18.3 Å². The smallest absolute Gasteiger partial charge is 0.235 e. The van der Waals surface area contributed by atoms with Crippen LogP contribution >= 0.6 is 0 Å². The van der Waals surface area contributed by atoms with Crippen LogP contribution in [0.5, 0.6) is 5.88 Å². The Balaban J connectivity index is 2.68. The molecule has 1 aromatic rings. The van der Waals surface area contributed by atoms with Gasteiger partial charge in [-0.3, -0.25) is 4.72 Å². The molecule has 0 fully saturated rings. The minimum Gasteiger partial charge on any atom is -0.478 e. The van der Waals surface area contributed by atoms with Gasteiger partial charge < -0.3 is 9.84 Å². The van der Waals surface area contributed by atoms with E-state index in [0.717, 1.165) is 0 Å². The number of aromatic nitrogens is 1. The zero-order valence-corrected chi connectivity index (χ0v) is 9.70. The number of nitrogens with zero attached hydrogens (tertiary/aromatic N) is 1. The van der Waals surface area contributed by atoms with Crippen LogP contribution < -0.4 is 9.46 Å². The van der Waals surface area contributed by atoms with Gasteiger partial charge in [-0.15, -0.1) is 0 Å². The summed E-state index contributed by atoms with van der Waals surface area (Å²) in [5, 5.41) is 8.54. The van der Waals surface area contributed by atoms with Crippen molar-refractivity contribution in [2.45, 2.75) is 6.92 Å². The molecule has 6 nitrogen and oxygen atoms in total. The van der Waals surface area contributed by atoms with Gasteiger partial charge in [-0.25, -0.2) is 13.4 Å². The largest absolute Gasteiger partial charge is 0.478 e. The first kappa shape index (κ1) is 12.7. The van der Waals surface area contributed by atoms with E-state index in [1.54, 1.807) is 12.1 Å². The molecule has 0 aliphatic carbocycles. The number of aliphatic hydroxyl groups is 1. The second-order valence-electron chi connectivity index (χ2n) is 2.96. The fourth-order valence-corrected chi connectivity index (χ4v) is 1.85. The van der Waals surface area contributed by atoms with Gasteiger partial charge in [0.15, 0.2) is 0 Å². The van der Waals surface area contributed by atoms with E-state index in [-0.39, 0.29) is 5.75 Å². The lowest BCUT2D eigenvalue weighted by Gasteiger charge is -2.07. The van der Waals surface area contributed by atoms with E-state index in [4.69, 9.17) is 9.84 Å². The van der Waals surface area contributed by atoms with E-state index in [2.05, 4.69) is 9.71 Å². The highest BCUT2D eigenvalue weighted by Crippen LogP contribution is 2.12. The van der Waals surface area contributed by atoms with Crippen LogP contribution in [0.15, 0.2) is 18.3 Å². The highest BCUT2D eigenvalue weighted by molar-refractivity contribution is 7.92. The summed E-state index contributed by atoms with van der Waals surface area (Å²) in [6.07, 6.45) is 1.36. The molecule has 0 unspecified atom stereocenters. The molecule has 0 saturated carbocycles. The normalized spacial score (nSPS) is 11.1. The Labute approximate surface area is 94.3 Å². The van der Waals surface area contributed by atoms with Crippen molar-refractivity contribution in [3.05, 3.63) is 18.3 Å². The minimum atomic E-state index is -3.49. The van der Waals surface area contributed by atoms with Gasteiger partial charge in [0.25, 0.3) is 0 Å². The molecule has 0 bridgehead atoms. The number of hydrogen-bond donors (Lipinski definition) is 2. The van der Waals surface area contributed by atoms with Crippen LogP contribution in [0.4, 0.5) is 5.69 Å². The minimum absolute atomic E-state index is 0.333. The Hall–Kier alpha value is -1.34. The summed E-state index contributed by atoms with van der Waals surface area (Å²) in [7, 11) is -3.49. The molecule has 90 valence electrons. The van der Waals surface area contributed by atoms with Crippen molar-refractivity contribution in [3.63, 3.8) is 0 Å². The van der Waals surface area contributed by atoms with Crippen molar-refractivity contribution in [2.24, 2.45) is 0 Å². The Morgan fingerprint density at radius 2 is 2.25 bits per heavy atom. The molecule has 1 rings (SSSR count). The van der Waals surface area contributed by atoms with E-state index in [9.17, 15) is 8.42 Å². The van der Waals surface area contributed by atoms with Gasteiger partial charge in [0, 0.05) is 6.07 Å². The van der Waals surface area contributed by atoms with Gasteiger partial charge in [-0.2, -0.15) is 0 Å². The van der Waals surface area contributed by atoms with Crippen LogP contribution in [-0.4, -0.2) is 37.5 Å². The number of rotatable bonds is 6. The number of sulfonamides is 1. The van der Waals surface area contributed by atoms with Crippen molar-refractivity contribution in [3.8, 4) is 5.88 Å². The second kappa shape index (κ2) is 5.66. The topological polar surface area (TPSA) is 88.5 Å². The maximum atomic E-state index is 11.3. The summed E-state index contributed by atoms with van der Waals surface area (Å²) >= 11 is 0. The quantitative estimate of drug-likeness (QED) is 0.749. The molecule has 0 aliphatic heterocycles. The van der Waals surface area contributed by atoms with Gasteiger partial charge in [0.1, 0.15) is 0 Å². The molecule has 0 atom stereocenters. The summed E-state index contributed by atoms with van der Waals surface area (Å²) in [6, 6.07) is 3.12. The summed E-state index contributed by atoms with van der Waals surface area (Å²) in [4.78, 5) is 3.90. The molecule has 0 saturated heterocycles. The number of aliphatic hydroxyl groups excluding tert-OH is 1. The molecule has 0 aliphatic rings. The molecule has 0 aromatic carbocycles. The second-order valence-corrected chi connectivity index (χ2v) is 4.80. The molecular formula is C9H14N2O4S. The molecular weight excluding hydrogens is 232 g/mol. The van der Waals surface area contributed by atoms with Gasteiger partial charge in [0.05, 0.1) is 30.9 Å². The standard InChI is InChI=1S/C9H14N2O4S/c1-2-15-9-4-3-8(7-10-9)11-16(13,14)6-5-12/h3-4,7,11-12H,2,5-6H2,1H3. The first-order valence-electron chi connectivity index (χ1n) is 4.77. The van der Waals surface area contributed by atoms with E-state index in [1.165, 1.54) is 6.20 Å². The molecule has 0 spiro atoms. The number of pyridine rings is 1. The summed E-state index contributed by atoms with van der Waals surface area (Å²) < 4.78 is 30.0. The number of hydrogen-bond acceptors (Lipinski definition) is 5. The van der Waals surface area contributed by atoms with E-state index in [0.29, 0.717) is 18.2 Å². The predicted molar refractivity (Wildman–Crippen MR) is 59.9 cm³/mol. The monoisotopic (exact) mass is 246 g/mol. The SMILES string of the molecule is CCOc1ccc(NS(=O)(=O)CCO)cn1. The molecule has 0 radical (unpaired) electrons. The average molecular weight is 246 g/mol. The Morgan fingerprint density at radius 3 is 2.75 bits per heavy atom. The molecule has 16 heavy (non-hydrogen) atoms. The Kier molecular flexibility index (Phi) is 4.51. The molecule has 0 amide bonds. The first-order valence-corrected chi connectivity index (χ1v) is 6.43. The molecule has 1 aromatic heterocycles. The maximum absolute atomic E-state index is 11.3. The Bertz CT molecular complexity index is 416. The molecule has 7 heteroatoms. The van der Waals surface area contributed by atoms with Crippen molar-refractivity contribution in [2.75, 3.05) is 23.7 Å². The lowest BCUT2D eigenvalue weighted by molar-refractivity contribution is 0.320. The van der Waals surface area contributed by atoms with Crippen LogP contribution in [-0.2, 0) is 10.0 Å². The highest BCUT2D eigenvalue weighted by atomic mass is 32.2. The lowest BCUT2D eigenvalue weighted by Crippen LogP contribution is -2.18. The van der Waals surface area contributed by atoms with Gasteiger partial charge in [0.2, 0.25) is 15.9 Å². The Morgan fingerprint density at radius 1 is 1.50 bits per heavy atom. The summed E-state index contributed by atoms with van der Waals surface area (Å²) in [5.74, 6) is 0.104. The van der Waals surface area contributed by atoms with Crippen LogP contribution in [0.3, 0.4) is 0 Å². The van der Waals surface area contributed by atoms with Crippen LogP contribution in [0.1, 0.15) is 6.92 Å². The summed E-state index contributed by atoms with van der Waals surface area (Å²) in [6.45, 7) is 1.92. The van der Waals surface area contributed by atoms with Gasteiger partial charge in [-0.05, 0) is 13.0 Å². The predicted octanol–water partition coefficient (Wildman–Crippen LogP) is 0.214. The van der Waals surface area contributed by atoms with Crippen LogP contribution in [0.2, 0.25) is 0 Å². The molecule has 2 N–H and O–H groups in total. The van der Waals surface area contributed by atoms with Gasteiger partial charge >= 0.3 is 0 Å². The van der Waals surface area contributed by atoms with E-state index < -0.39 is 16.6 Å². The van der Waals surface area contributed by atoms with Crippen molar-refractivity contribution in [1.29, 1.82) is 0 Å². The zero-order valence-electron chi connectivity index (χ0n) is 8.88. The van der Waals surface area contributed by atoms with E-state index in [1.807, 2.05) is 6.92 Å². The van der Waals surface area contributed by atoms with Gasteiger partial charge in [-0.1, -0.05) is 0 Å². The maximum Gasteiger partial charge on any atom is 0.235 e. The lowest BCUT2D eigenvalue weighted by atomic mass is 10.4. The fourth-order valence-electron chi connectivity index (χ4n) is 1.02. The number of anilines is 1. The first-order chi connectivity index (χ1) is 7.57. The third-order valence-corrected chi connectivity index (χ3v) is 2.93. The van der Waals surface area contributed by atoms with Crippen LogP contribution in [0.25, 0.3) is 0 Å². The third-order valence-electron chi connectivity index (χ3n) is 1.66. The number of ether oxygens (including phenoxy) is 1. The van der Waals surface area contributed by atoms with E-state index >= 15 is 0 Å². The zero-order chi connectivity index (χ0) is 12.0. The highest BCUT2D eigenvalue weighted by Gasteiger charge is 2.09. The molecule has 1 heterocycles. The van der Waals surface area contributed by atoms with Crippen LogP contribution in [0, 0.1) is 0 Å². The summed E-state index contributed by atoms with van der Waals surface area (Å²) in [5.41, 5.74) is 0.344. The average Bonchev–Trinajstić information content (AvgIpc) is 2.21. The van der Waals surface area contributed by atoms with Crippen molar-refractivity contribution in [1.82, 2.24) is 4.98 Å². The fraction of sp³-hybridized carbons (Fsp3) is 0.444. The third kappa shape index (κ3) is 4.03.